The van der Waals surface area contributed by atoms with E-state index in [9.17, 15) is 4.79 Å². The number of amides is 1. The lowest BCUT2D eigenvalue weighted by Crippen LogP contribution is -2.42. The van der Waals surface area contributed by atoms with Gasteiger partial charge in [-0.15, -0.1) is 5.10 Å². The van der Waals surface area contributed by atoms with Gasteiger partial charge in [-0.05, 0) is 44.7 Å². The third-order valence-corrected chi connectivity index (χ3v) is 5.11. The summed E-state index contributed by atoms with van der Waals surface area (Å²) < 4.78 is 1.87. The van der Waals surface area contributed by atoms with E-state index in [-0.39, 0.29) is 5.91 Å². The second-order valence-electron chi connectivity index (χ2n) is 7.11. The second kappa shape index (κ2) is 6.46. The zero-order valence-corrected chi connectivity index (χ0v) is 14.8. The summed E-state index contributed by atoms with van der Waals surface area (Å²) in [5, 5.41) is 16.0. The van der Waals surface area contributed by atoms with E-state index in [1.165, 1.54) is 12.8 Å². The minimum Gasteiger partial charge on any atom is -0.366 e. The van der Waals surface area contributed by atoms with Crippen molar-refractivity contribution in [1.29, 1.82) is 0 Å². The van der Waals surface area contributed by atoms with Crippen LogP contribution < -0.4 is 5.32 Å². The van der Waals surface area contributed by atoms with Gasteiger partial charge in [0.1, 0.15) is 5.82 Å². The lowest BCUT2D eigenvalue weighted by atomic mass is 10.0. The molecule has 1 aliphatic heterocycles. The Morgan fingerprint density at radius 3 is 2.56 bits per heavy atom. The van der Waals surface area contributed by atoms with Crippen LogP contribution in [0, 0.1) is 6.92 Å². The van der Waals surface area contributed by atoms with E-state index in [2.05, 4.69) is 20.6 Å². The monoisotopic (exact) mass is 340 g/mol. The molecule has 4 rings (SSSR count). The van der Waals surface area contributed by atoms with E-state index in [1.54, 1.807) is 6.20 Å². The van der Waals surface area contributed by atoms with Gasteiger partial charge in [0.2, 0.25) is 0 Å². The normalized spacial score (nSPS) is 18.4. The largest absolute Gasteiger partial charge is 0.366 e. The van der Waals surface area contributed by atoms with Gasteiger partial charge < -0.3 is 10.2 Å². The highest BCUT2D eigenvalue weighted by molar-refractivity contribution is 5.95. The fraction of sp³-hybridized carbons (Fsp3) is 0.556. The summed E-state index contributed by atoms with van der Waals surface area (Å²) in [5.74, 6) is 1.45. The number of aryl methyl sites for hydroxylation is 2. The highest BCUT2D eigenvalue weighted by Gasteiger charge is 2.33. The van der Waals surface area contributed by atoms with E-state index >= 15 is 0 Å². The molecule has 7 heteroatoms. The van der Waals surface area contributed by atoms with Crippen molar-refractivity contribution < 1.29 is 4.79 Å². The molecule has 2 fully saturated rings. The number of anilines is 1. The maximum absolute atomic E-state index is 12.9. The second-order valence-corrected chi connectivity index (χ2v) is 7.11. The van der Waals surface area contributed by atoms with Gasteiger partial charge >= 0.3 is 0 Å². The SMILES string of the molecule is Cc1ccc(NC2CCN(C(=O)c3cnn(C)c3C3CC3)CC2)nn1. The Kier molecular flexibility index (Phi) is 4.15. The predicted molar refractivity (Wildman–Crippen MR) is 94.5 cm³/mol. The Morgan fingerprint density at radius 2 is 1.92 bits per heavy atom. The van der Waals surface area contributed by atoms with Crippen LogP contribution in [0.2, 0.25) is 0 Å². The predicted octanol–water partition coefficient (Wildman–Crippen LogP) is 2.11. The quantitative estimate of drug-likeness (QED) is 0.922. The zero-order chi connectivity index (χ0) is 17.4. The molecule has 0 spiro atoms. The molecule has 7 nitrogen and oxygen atoms in total. The third kappa shape index (κ3) is 3.36. The number of carbonyl (C=O) groups is 1. The standard InChI is InChI=1S/C18H24N6O/c1-12-3-6-16(22-21-12)20-14-7-9-24(10-8-14)18(25)15-11-19-23(2)17(15)13-4-5-13/h3,6,11,13-14H,4-5,7-10H2,1-2H3,(H,20,22). The minimum atomic E-state index is 0.128. The molecule has 132 valence electrons. The molecular formula is C18H24N6O. The Balaban J connectivity index is 1.37. The van der Waals surface area contributed by atoms with Crippen LogP contribution >= 0.6 is 0 Å². The summed E-state index contributed by atoms with van der Waals surface area (Å²) in [4.78, 5) is 14.9. The number of nitrogens with one attached hydrogen (secondary N) is 1. The first kappa shape index (κ1) is 16.1. The van der Waals surface area contributed by atoms with Gasteiger partial charge in [0.25, 0.3) is 5.91 Å². The van der Waals surface area contributed by atoms with Crippen molar-refractivity contribution in [3.05, 3.63) is 35.3 Å². The average molecular weight is 340 g/mol. The molecule has 2 aromatic heterocycles. The highest BCUT2D eigenvalue weighted by atomic mass is 16.2. The molecule has 1 aliphatic carbocycles. The summed E-state index contributed by atoms with van der Waals surface area (Å²) in [5.41, 5.74) is 2.81. The van der Waals surface area contributed by atoms with Gasteiger partial charge in [-0.2, -0.15) is 10.2 Å². The molecule has 0 aromatic carbocycles. The van der Waals surface area contributed by atoms with Gasteiger partial charge in [0, 0.05) is 32.1 Å². The highest BCUT2D eigenvalue weighted by Crippen LogP contribution is 2.41. The smallest absolute Gasteiger partial charge is 0.257 e. The number of carbonyl (C=O) groups excluding carboxylic acids is 1. The maximum Gasteiger partial charge on any atom is 0.257 e. The number of rotatable bonds is 4. The van der Waals surface area contributed by atoms with Crippen molar-refractivity contribution >= 4 is 11.7 Å². The fourth-order valence-electron chi connectivity index (χ4n) is 3.53. The van der Waals surface area contributed by atoms with Crippen LogP contribution in [0.4, 0.5) is 5.82 Å². The summed E-state index contributed by atoms with van der Waals surface area (Å²) in [7, 11) is 1.93. The van der Waals surface area contributed by atoms with E-state index < -0.39 is 0 Å². The van der Waals surface area contributed by atoms with Crippen LogP contribution in [0.3, 0.4) is 0 Å². The Labute approximate surface area is 147 Å². The summed E-state index contributed by atoms with van der Waals surface area (Å²) in [6, 6.07) is 4.24. The number of aromatic nitrogens is 4. The Hall–Kier alpha value is -2.44. The van der Waals surface area contributed by atoms with Crippen molar-refractivity contribution in [2.75, 3.05) is 18.4 Å². The molecular weight excluding hydrogens is 316 g/mol. The molecule has 3 heterocycles. The molecule has 0 atom stereocenters. The maximum atomic E-state index is 12.9. The molecule has 1 N–H and O–H groups in total. The fourth-order valence-corrected chi connectivity index (χ4v) is 3.53. The molecule has 25 heavy (non-hydrogen) atoms. The molecule has 1 saturated heterocycles. The van der Waals surface area contributed by atoms with E-state index in [4.69, 9.17) is 0 Å². The number of hydrogen-bond acceptors (Lipinski definition) is 5. The van der Waals surface area contributed by atoms with Gasteiger partial charge in [0.15, 0.2) is 0 Å². The van der Waals surface area contributed by atoms with E-state index in [1.807, 2.05) is 35.7 Å². The van der Waals surface area contributed by atoms with Crippen molar-refractivity contribution in [2.45, 2.75) is 44.6 Å². The molecule has 0 radical (unpaired) electrons. The summed E-state index contributed by atoms with van der Waals surface area (Å²) >= 11 is 0. The minimum absolute atomic E-state index is 0.128. The van der Waals surface area contributed by atoms with Crippen LogP contribution in [-0.2, 0) is 7.05 Å². The molecule has 0 unspecified atom stereocenters. The Bertz CT molecular complexity index is 756. The first-order valence-corrected chi connectivity index (χ1v) is 9.00. The average Bonchev–Trinajstić information content (AvgIpc) is 3.39. The zero-order valence-electron chi connectivity index (χ0n) is 14.8. The number of likely N-dealkylation sites (tertiary alicyclic amines) is 1. The third-order valence-electron chi connectivity index (χ3n) is 5.11. The van der Waals surface area contributed by atoms with E-state index in [0.717, 1.165) is 48.7 Å². The van der Waals surface area contributed by atoms with Crippen LogP contribution in [0.15, 0.2) is 18.3 Å². The molecule has 0 bridgehead atoms. The van der Waals surface area contributed by atoms with Crippen LogP contribution in [0.5, 0.6) is 0 Å². The number of piperidine rings is 1. The van der Waals surface area contributed by atoms with Gasteiger partial charge in [-0.3, -0.25) is 9.48 Å². The summed E-state index contributed by atoms with van der Waals surface area (Å²) in [6.45, 7) is 3.44. The molecule has 1 saturated carbocycles. The van der Waals surface area contributed by atoms with Crippen molar-refractivity contribution in [1.82, 2.24) is 24.9 Å². The van der Waals surface area contributed by atoms with Gasteiger partial charge in [0.05, 0.1) is 23.1 Å². The van der Waals surface area contributed by atoms with Crippen molar-refractivity contribution in [3.8, 4) is 0 Å². The number of nitrogens with zero attached hydrogens (tertiary/aromatic N) is 5. The van der Waals surface area contributed by atoms with Crippen LogP contribution in [-0.4, -0.2) is 49.9 Å². The van der Waals surface area contributed by atoms with Crippen LogP contribution in [0.25, 0.3) is 0 Å². The van der Waals surface area contributed by atoms with Gasteiger partial charge in [-0.1, -0.05) is 0 Å². The first-order valence-electron chi connectivity index (χ1n) is 9.00. The molecule has 2 aliphatic rings. The summed E-state index contributed by atoms with van der Waals surface area (Å²) in [6.07, 6.45) is 5.91. The molecule has 2 aromatic rings. The number of hydrogen-bond donors (Lipinski definition) is 1. The van der Waals surface area contributed by atoms with Crippen LogP contribution in [0.1, 0.15) is 53.3 Å². The van der Waals surface area contributed by atoms with Crippen molar-refractivity contribution in [3.63, 3.8) is 0 Å². The topological polar surface area (TPSA) is 75.9 Å². The van der Waals surface area contributed by atoms with Gasteiger partial charge in [-0.25, -0.2) is 0 Å². The van der Waals surface area contributed by atoms with Crippen molar-refractivity contribution in [2.24, 2.45) is 7.05 Å². The first-order chi connectivity index (χ1) is 12.1. The molecule has 1 amide bonds. The Morgan fingerprint density at radius 1 is 1.16 bits per heavy atom. The lowest BCUT2D eigenvalue weighted by molar-refractivity contribution is 0.0717. The lowest BCUT2D eigenvalue weighted by Gasteiger charge is -2.32. The van der Waals surface area contributed by atoms with E-state index in [0.29, 0.717) is 12.0 Å².